The summed E-state index contributed by atoms with van der Waals surface area (Å²) >= 11 is 3.34. The van der Waals surface area contributed by atoms with Gasteiger partial charge in [-0.3, -0.25) is 19.1 Å². The molecule has 0 spiro atoms. The molecule has 2 atom stereocenters. The first-order chi connectivity index (χ1) is 18.6. The number of anilines is 1. The van der Waals surface area contributed by atoms with Gasteiger partial charge in [-0.1, -0.05) is 19.1 Å². The fourth-order valence-corrected chi connectivity index (χ4v) is 5.21. The second-order valence-corrected chi connectivity index (χ2v) is 10.8. The Hall–Kier alpha value is -3.99. The standard InChI is InChI=1S/C28H28BrN7O3/c1-15-9-23(28(39)33-27-16(2)5-8-24(29)32-27)35(13-15)25(38)14-36-22-7-6-19(20-11-30-18(4)31-12-20)10-21(22)26(34-36)17(3)37/h5-8,10-12,15,23H,9,13-14H2,1-4H3,(H,32,33,39)/t15-,23+/m1/s1. The maximum absolute atomic E-state index is 13.6. The minimum Gasteiger partial charge on any atom is -0.329 e. The highest BCUT2D eigenvalue weighted by Gasteiger charge is 2.38. The zero-order valence-electron chi connectivity index (χ0n) is 22.1. The Morgan fingerprint density at radius 2 is 1.82 bits per heavy atom. The number of carbonyl (C=O) groups excluding carboxylic acids is 3. The molecule has 39 heavy (non-hydrogen) atoms. The number of pyridine rings is 1. The van der Waals surface area contributed by atoms with Gasteiger partial charge in [-0.25, -0.2) is 15.0 Å². The van der Waals surface area contributed by atoms with Crippen molar-refractivity contribution in [2.24, 2.45) is 5.92 Å². The average Bonchev–Trinajstić information content (AvgIpc) is 3.47. The van der Waals surface area contributed by atoms with E-state index in [1.807, 2.05) is 45.0 Å². The first-order valence-corrected chi connectivity index (χ1v) is 13.4. The molecule has 11 heteroatoms. The molecule has 1 aromatic carbocycles. The maximum Gasteiger partial charge on any atom is 0.248 e. The molecular weight excluding hydrogens is 562 g/mol. The van der Waals surface area contributed by atoms with Crippen molar-refractivity contribution >= 4 is 50.2 Å². The van der Waals surface area contributed by atoms with E-state index in [-0.39, 0.29) is 35.8 Å². The highest BCUT2D eigenvalue weighted by atomic mass is 79.9. The number of benzene rings is 1. The number of ketones is 1. The van der Waals surface area contributed by atoms with Crippen LogP contribution in [0.3, 0.4) is 0 Å². The number of Topliss-reactive ketones (excluding diaryl/α,β-unsaturated/α-hetero) is 1. The molecule has 1 aliphatic heterocycles. The predicted octanol–water partition coefficient (Wildman–Crippen LogP) is 4.35. The van der Waals surface area contributed by atoms with Gasteiger partial charge in [0.25, 0.3) is 0 Å². The second kappa shape index (κ2) is 10.6. The number of amides is 2. The van der Waals surface area contributed by atoms with E-state index >= 15 is 0 Å². The van der Waals surface area contributed by atoms with Gasteiger partial charge < -0.3 is 10.2 Å². The molecule has 3 aromatic heterocycles. The number of fused-ring (bicyclic) bond motifs is 1. The molecule has 4 heterocycles. The largest absolute Gasteiger partial charge is 0.329 e. The maximum atomic E-state index is 13.6. The number of halogens is 1. The Balaban J connectivity index is 1.41. The number of nitrogens with zero attached hydrogens (tertiary/aromatic N) is 6. The topological polar surface area (TPSA) is 123 Å². The van der Waals surface area contributed by atoms with Crippen LogP contribution in [-0.2, 0) is 16.1 Å². The number of likely N-dealkylation sites (tertiary alicyclic amines) is 1. The normalized spacial score (nSPS) is 17.0. The molecule has 1 fully saturated rings. The highest BCUT2D eigenvalue weighted by Crippen LogP contribution is 2.28. The Morgan fingerprint density at radius 1 is 1.08 bits per heavy atom. The summed E-state index contributed by atoms with van der Waals surface area (Å²) in [5.41, 5.74) is 3.43. The third-order valence-electron chi connectivity index (χ3n) is 6.92. The smallest absolute Gasteiger partial charge is 0.248 e. The molecule has 2 amide bonds. The molecule has 0 radical (unpaired) electrons. The van der Waals surface area contributed by atoms with Gasteiger partial charge in [-0.15, -0.1) is 0 Å². The minimum absolute atomic E-state index is 0.0958. The van der Waals surface area contributed by atoms with Crippen molar-refractivity contribution in [2.75, 3.05) is 11.9 Å². The first kappa shape index (κ1) is 26.6. The molecule has 0 aliphatic carbocycles. The van der Waals surface area contributed by atoms with Crippen LogP contribution in [0.1, 0.15) is 42.1 Å². The molecule has 5 rings (SSSR count). The van der Waals surface area contributed by atoms with Gasteiger partial charge in [-0.05, 0) is 71.4 Å². The van der Waals surface area contributed by atoms with E-state index in [0.29, 0.717) is 40.1 Å². The average molecular weight is 590 g/mol. The Labute approximate surface area is 234 Å². The molecule has 4 aromatic rings. The van der Waals surface area contributed by atoms with Crippen LogP contribution >= 0.6 is 15.9 Å². The minimum atomic E-state index is -0.630. The lowest BCUT2D eigenvalue weighted by Gasteiger charge is -2.24. The van der Waals surface area contributed by atoms with Gasteiger partial charge in [0.2, 0.25) is 11.8 Å². The lowest BCUT2D eigenvalue weighted by Crippen LogP contribution is -2.44. The summed E-state index contributed by atoms with van der Waals surface area (Å²) in [5, 5.41) is 8.03. The van der Waals surface area contributed by atoms with Crippen LogP contribution in [0, 0.1) is 19.8 Å². The Bertz CT molecular complexity index is 1600. The summed E-state index contributed by atoms with van der Waals surface area (Å²) in [6.45, 7) is 7.51. The van der Waals surface area contributed by atoms with Gasteiger partial charge in [0, 0.05) is 36.8 Å². The molecule has 1 aliphatic rings. The fraction of sp³-hybridized carbons (Fsp3) is 0.321. The quantitative estimate of drug-likeness (QED) is 0.262. The fourth-order valence-electron chi connectivity index (χ4n) is 4.90. The summed E-state index contributed by atoms with van der Waals surface area (Å²) in [4.78, 5) is 53.7. The molecule has 0 unspecified atom stereocenters. The molecule has 0 bridgehead atoms. The van der Waals surface area contributed by atoms with E-state index < -0.39 is 6.04 Å². The number of aryl methyl sites for hydroxylation is 2. The number of hydrogen-bond acceptors (Lipinski definition) is 7. The summed E-state index contributed by atoms with van der Waals surface area (Å²) < 4.78 is 2.16. The van der Waals surface area contributed by atoms with Crippen molar-refractivity contribution in [1.82, 2.24) is 29.6 Å². The number of hydrogen-bond donors (Lipinski definition) is 1. The third kappa shape index (κ3) is 5.44. The van der Waals surface area contributed by atoms with Crippen molar-refractivity contribution in [3.8, 4) is 11.1 Å². The molecule has 1 N–H and O–H groups in total. The molecule has 200 valence electrons. The van der Waals surface area contributed by atoms with E-state index in [2.05, 4.69) is 41.3 Å². The van der Waals surface area contributed by atoms with Crippen LogP contribution in [0.15, 0.2) is 47.3 Å². The van der Waals surface area contributed by atoms with Crippen molar-refractivity contribution in [2.45, 2.75) is 46.7 Å². The van der Waals surface area contributed by atoms with Crippen molar-refractivity contribution in [3.05, 3.63) is 64.4 Å². The van der Waals surface area contributed by atoms with E-state index in [1.165, 1.54) is 6.92 Å². The first-order valence-electron chi connectivity index (χ1n) is 12.6. The summed E-state index contributed by atoms with van der Waals surface area (Å²) in [6.07, 6.45) is 4.01. The van der Waals surface area contributed by atoms with Crippen molar-refractivity contribution in [3.63, 3.8) is 0 Å². The zero-order chi connectivity index (χ0) is 27.8. The van der Waals surface area contributed by atoms with Gasteiger partial charge in [0.05, 0.1) is 5.52 Å². The van der Waals surface area contributed by atoms with E-state index in [1.54, 1.807) is 28.0 Å². The van der Waals surface area contributed by atoms with E-state index in [4.69, 9.17) is 0 Å². The second-order valence-electron chi connectivity index (χ2n) is 10.0. The van der Waals surface area contributed by atoms with Crippen molar-refractivity contribution in [1.29, 1.82) is 0 Å². The summed E-state index contributed by atoms with van der Waals surface area (Å²) in [7, 11) is 0. The molecule has 1 saturated heterocycles. The number of rotatable bonds is 6. The zero-order valence-corrected chi connectivity index (χ0v) is 23.7. The number of aromatic nitrogens is 5. The van der Waals surface area contributed by atoms with Crippen LogP contribution in [0.4, 0.5) is 5.82 Å². The Kier molecular flexibility index (Phi) is 7.26. The van der Waals surface area contributed by atoms with Crippen LogP contribution < -0.4 is 5.32 Å². The third-order valence-corrected chi connectivity index (χ3v) is 7.36. The number of nitrogens with one attached hydrogen (secondary N) is 1. The van der Waals surface area contributed by atoms with Crippen LogP contribution in [0.5, 0.6) is 0 Å². The van der Waals surface area contributed by atoms with Gasteiger partial charge in [0.1, 0.15) is 34.5 Å². The van der Waals surface area contributed by atoms with Gasteiger partial charge >= 0.3 is 0 Å². The monoisotopic (exact) mass is 589 g/mol. The van der Waals surface area contributed by atoms with Crippen LogP contribution in [0.2, 0.25) is 0 Å². The van der Waals surface area contributed by atoms with E-state index in [0.717, 1.165) is 16.7 Å². The predicted molar refractivity (Wildman–Crippen MR) is 150 cm³/mol. The van der Waals surface area contributed by atoms with Crippen molar-refractivity contribution < 1.29 is 14.4 Å². The molecule has 0 saturated carbocycles. The van der Waals surface area contributed by atoms with Gasteiger partial charge in [-0.2, -0.15) is 5.10 Å². The van der Waals surface area contributed by atoms with Gasteiger partial charge in [0.15, 0.2) is 5.78 Å². The Morgan fingerprint density at radius 3 is 2.54 bits per heavy atom. The lowest BCUT2D eigenvalue weighted by atomic mass is 10.0. The highest BCUT2D eigenvalue weighted by molar-refractivity contribution is 9.10. The molecular formula is C28H28BrN7O3. The summed E-state index contributed by atoms with van der Waals surface area (Å²) in [5.74, 6) is 0.562. The van der Waals surface area contributed by atoms with E-state index in [9.17, 15) is 14.4 Å². The van der Waals surface area contributed by atoms with Crippen LogP contribution in [0.25, 0.3) is 22.0 Å². The van der Waals surface area contributed by atoms with Crippen LogP contribution in [-0.4, -0.2) is 59.8 Å². The molecule has 10 nitrogen and oxygen atoms in total. The number of carbonyl (C=O) groups is 3. The lowest BCUT2D eigenvalue weighted by molar-refractivity contribution is -0.137. The summed E-state index contributed by atoms with van der Waals surface area (Å²) in [6, 6.07) is 8.64. The SMILES string of the molecule is CC(=O)c1nn(CC(=O)N2C[C@H](C)C[C@H]2C(=O)Nc2nc(Br)ccc2C)c2ccc(-c3cnc(C)nc3)cc12.